The van der Waals surface area contributed by atoms with Gasteiger partial charge in [0.25, 0.3) is 0 Å². The predicted octanol–water partition coefficient (Wildman–Crippen LogP) is 4.62. The van der Waals surface area contributed by atoms with Crippen molar-refractivity contribution in [1.82, 2.24) is 4.90 Å². The Morgan fingerprint density at radius 3 is 2.50 bits per heavy atom. The van der Waals surface area contributed by atoms with Crippen LogP contribution in [0.3, 0.4) is 0 Å². The topological polar surface area (TPSA) is 29.3 Å². The zero-order valence-corrected chi connectivity index (χ0v) is 14.9. The number of halogens is 1. The van der Waals surface area contributed by atoms with Gasteiger partial charge in [-0.05, 0) is 62.9 Å². The second-order valence-electron chi connectivity index (χ2n) is 6.73. The van der Waals surface area contributed by atoms with Crippen LogP contribution in [0.4, 0.5) is 0 Å². The van der Waals surface area contributed by atoms with Crippen LogP contribution in [-0.2, 0) is 6.54 Å². The summed E-state index contributed by atoms with van der Waals surface area (Å²) in [6.07, 6.45) is 3.63. The molecule has 1 aromatic heterocycles. The molecule has 1 heterocycles. The van der Waals surface area contributed by atoms with E-state index < -0.39 is 0 Å². The van der Waals surface area contributed by atoms with Crippen LogP contribution in [0.15, 0.2) is 12.1 Å². The van der Waals surface area contributed by atoms with Gasteiger partial charge >= 0.3 is 0 Å². The van der Waals surface area contributed by atoms with Crippen molar-refractivity contribution in [1.29, 1.82) is 0 Å². The van der Waals surface area contributed by atoms with E-state index in [1.165, 1.54) is 17.7 Å². The fraction of sp³-hybridized carbons (Fsp3) is 0.750. The normalized spacial score (nSPS) is 13.9. The number of nitrogens with zero attached hydrogens (tertiary/aromatic N) is 1. The summed E-state index contributed by atoms with van der Waals surface area (Å²) in [4.78, 5) is 3.72. The predicted molar refractivity (Wildman–Crippen MR) is 91.5 cm³/mol. The fourth-order valence-corrected chi connectivity index (χ4v) is 3.77. The van der Waals surface area contributed by atoms with Crippen LogP contribution in [0, 0.1) is 11.3 Å². The second kappa shape index (κ2) is 8.38. The molecular weight excluding hydrogens is 288 g/mol. The van der Waals surface area contributed by atoms with Gasteiger partial charge in [-0.25, -0.2) is 0 Å². The molecule has 1 atom stereocenters. The Morgan fingerprint density at radius 2 is 2.00 bits per heavy atom. The van der Waals surface area contributed by atoms with Gasteiger partial charge in [-0.3, -0.25) is 0 Å². The van der Waals surface area contributed by atoms with Gasteiger partial charge < -0.3 is 10.6 Å². The Labute approximate surface area is 133 Å². The van der Waals surface area contributed by atoms with Crippen LogP contribution in [-0.4, -0.2) is 25.0 Å². The highest BCUT2D eigenvalue weighted by molar-refractivity contribution is 7.16. The minimum Gasteiger partial charge on any atom is -0.330 e. The van der Waals surface area contributed by atoms with E-state index in [1.54, 1.807) is 11.3 Å². The van der Waals surface area contributed by atoms with Crippen molar-refractivity contribution >= 4 is 22.9 Å². The largest absolute Gasteiger partial charge is 0.330 e. The van der Waals surface area contributed by atoms with E-state index >= 15 is 0 Å². The molecule has 0 aliphatic carbocycles. The van der Waals surface area contributed by atoms with Crippen molar-refractivity contribution in [3.05, 3.63) is 21.3 Å². The van der Waals surface area contributed by atoms with Crippen LogP contribution in [0.5, 0.6) is 0 Å². The van der Waals surface area contributed by atoms with E-state index in [0.717, 1.165) is 36.3 Å². The highest BCUT2D eigenvalue weighted by Gasteiger charge is 2.23. The molecule has 0 amide bonds. The maximum Gasteiger partial charge on any atom is 0.0931 e. The molecule has 0 saturated carbocycles. The Hall–Kier alpha value is -0.0900. The molecule has 2 N–H and O–H groups in total. The highest BCUT2D eigenvalue weighted by Crippen LogP contribution is 2.32. The molecular formula is C16H29ClN2S. The lowest BCUT2D eigenvalue weighted by atomic mass is 9.76. The van der Waals surface area contributed by atoms with Crippen molar-refractivity contribution in [3.63, 3.8) is 0 Å². The summed E-state index contributed by atoms with van der Waals surface area (Å²) < 4.78 is 0.879. The number of thiophene rings is 1. The quantitative estimate of drug-likeness (QED) is 0.758. The van der Waals surface area contributed by atoms with E-state index in [9.17, 15) is 0 Å². The first-order valence-electron chi connectivity index (χ1n) is 7.45. The lowest BCUT2D eigenvalue weighted by molar-refractivity contribution is 0.199. The van der Waals surface area contributed by atoms with Gasteiger partial charge in [-0.2, -0.15) is 0 Å². The van der Waals surface area contributed by atoms with Gasteiger partial charge in [0.05, 0.1) is 4.34 Å². The third-order valence-corrected chi connectivity index (χ3v) is 5.10. The first-order chi connectivity index (χ1) is 9.32. The summed E-state index contributed by atoms with van der Waals surface area (Å²) in [7, 11) is 2.18. The zero-order valence-electron chi connectivity index (χ0n) is 13.3. The van der Waals surface area contributed by atoms with Crippen LogP contribution in [0.25, 0.3) is 0 Å². The molecule has 0 bridgehead atoms. The SMILES string of the molecule is CN(CCCC(CCN)C(C)(C)C)Cc1ccc(Cl)s1. The van der Waals surface area contributed by atoms with Crippen LogP contribution in [0.1, 0.15) is 44.9 Å². The molecule has 2 nitrogen and oxygen atoms in total. The molecule has 0 aromatic carbocycles. The summed E-state index contributed by atoms with van der Waals surface area (Å²) in [6.45, 7) is 9.90. The van der Waals surface area contributed by atoms with Gasteiger partial charge in [0.2, 0.25) is 0 Å². The van der Waals surface area contributed by atoms with Gasteiger partial charge in [0, 0.05) is 11.4 Å². The molecule has 0 spiro atoms. The Kier molecular flexibility index (Phi) is 7.52. The van der Waals surface area contributed by atoms with Crippen LogP contribution < -0.4 is 5.73 Å². The van der Waals surface area contributed by atoms with E-state index in [0.29, 0.717) is 5.41 Å². The smallest absolute Gasteiger partial charge is 0.0931 e. The van der Waals surface area contributed by atoms with Crippen molar-refractivity contribution in [2.45, 2.75) is 46.6 Å². The van der Waals surface area contributed by atoms with E-state index in [2.05, 4.69) is 38.8 Å². The van der Waals surface area contributed by atoms with Gasteiger partial charge in [-0.15, -0.1) is 11.3 Å². The van der Waals surface area contributed by atoms with E-state index in [-0.39, 0.29) is 0 Å². The average molecular weight is 317 g/mol. The molecule has 0 saturated heterocycles. The summed E-state index contributed by atoms with van der Waals surface area (Å²) >= 11 is 7.64. The van der Waals surface area contributed by atoms with Crippen molar-refractivity contribution in [3.8, 4) is 0 Å². The maximum absolute atomic E-state index is 5.96. The molecule has 0 aliphatic heterocycles. The molecule has 20 heavy (non-hydrogen) atoms. The second-order valence-corrected chi connectivity index (χ2v) is 8.53. The van der Waals surface area contributed by atoms with E-state index in [4.69, 9.17) is 17.3 Å². The first kappa shape index (κ1) is 18.0. The summed E-state index contributed by atoms with van der Waals surface area (Å²) in [5.41, 5.74) is 6.10. The van der Waals surface area contributed by atoms with Crippen molar-refractivity contribution < 1.29 is 0 Å². The minimum atomic E-state index is 0.360. The summed E-state index contributed by atoms with van der Waals surface area (Å²) in [5.74, 6) is 0.720. The fourth-order valence-electron chi connectivity index (χ4n) is 2.60. The monoisotopic (exact) mass is 316 g/mol. The number of hydrogen-bond acceptors (Lipinski definition) is 3. The zero-order chi connectivity index (χ0) is 15.2. The molecule has 1 aromatic rings. The van der Waals surface area contributed by atoms with Crippen LogP contribution >= 0.6 is 22.9 Å². The van der Waals surface area contributed by atoms with Gasteiger partial charge in [-0.1, -0.05) is 32.4 Å². The lowest BCUT2D eigenvalue weighted by Gasteiger charge is -2.31. The first-order valence-corrected chi connectivity index (χ1v) is 8.65. The highest BCUT2D eigenvalue weighted by atomic mass is 35.5. The molecule has 1 unspecified atom stereocenters. The summed E-state index contributed by atoms with van der Waals surface area (Å²) in [6, 6.07) is 4.10. The number of hydrogen-bond donors (Lipinski definition) is 1. The molecule has 116 valence electrons. The molecule has 0 fully saturated rings. The molecule has 0 aliphatic rings. The molecule has 4 heteroatoms. The lowest BCUT2D eigenvalue weighted by Crippen LogP contribution is -2.25. The Morgan fingerprint density at radius 1 is 1.30 bits per heavy atom. The number of nitrogens with two attached hydrogens (primary N) is 1. The average Bonchev–Trinajstić information content (AvgIpc) is 2.72. The minimum absolute atomic E-state index is 0.360. The van der Waals surface area contributed by atoms with Crippen LogP contribution in [0.2, 0.25) is 4.34 Å². The molecule has 0 radical (unpaired) electrons. The Balaban J connectivity index is 2.31. The third-order valence-electron chi connectivity index (χ3n) is 3.89. The molecule has 1 rings (SSSR count). The summed E-state index contributed by atoms with van der Waals surface area (Å²) in [5, 5.41) is 0. The van der Waals surface area contributed by atoms with Gasteiger partial charge in [0.15, 0.2) is 0 Å². The van der Waals surface area contributed by atoms with E-state index in [1.807, 2.05) is 6.07 Å². The third kappa shape index (κ3) is 6.57. The van der Waals surface area contributed by atoms with Crippen molar-refractivity contribution in [2.75, 3.05) is 20.1 Å². The maximum atomic E-state index is 5.96. The Bertz CT molecular complexity index is 384. The standard InChI is InChI=1S/C16H29ClN2S/c1-16(2,3)13(9-10-18)6-5-11-19(4)12-14-7-8-15(17)20-14/h7-8,13H,5-6,9-12,18H2,1-4H3. The number of rotatable bonds is 8. The van der Waals surface area contributed by atoms with Gasteiger partial charge in [0.1, 0.15) is 0 Å². The van der Waals surface area contributed by atoms with Crippen molar-refractivity contribution in [2.24, 2.45) is 17.1 Å².